The van der Waals surface area contributed by atoms with Crippen molar-refractivity contribution >= 4 is 33.7 Å². The first-order valence-electron chi connectivity index (χ1n) is 7.57. The second-order valence-corrected chi connectivity index (χ2v) is 7.06. The van der Waals surface area contributed by atoms with Crippen LogP contribution in [0.4, 0.5) is 0 Å². The molecule has 2 aromatic carbocycles. The van der Waals surface area contributed by atoms with Gasteiger partial charge >= 0.3 is 0 Å². The summed E-state index contributed by atoms with van der Waals surface area (Å²) < 4.78 is 0. The molecule has 2 heteroatoms. The van der Waals surface area contributed by atoms with Gasteiger partial charge in [-0.25, -0.2) is 0 Å². The van der Waals surface area contributed by atoms with Gasteiger partial charge < -0.3 is 0 Å². The normalized spacial score (nSPS) is 16.6. The lowest BCUT2D eigenvalue weighted by atomic mass is 9.90. The van der Waals surface area contributed by atoms with Crippen molar-refractivity contribution in [2.24, 2.45) is 0 Å². The Morgan fingerprint density at radius 2 is 1.68 bits per heavy atom. The fraction of sp³-hybridized carbons (Fsp3) is 0.150. The first-order chi connectivity index (χ1) is 10.8. The fourth-order valence-electron chi connectivity index (χ4n) is 3.13. The maximum atomic E-state index is 5.71. The standard InChI is InChI=1S/C20H16S2/c21-19(15-7-2-1-3-8-15)17-12-16-11-10-14-6-4-5-9-18(14)20(16)22-13-17/h1-9,12H,10-11,13H2. The molecule has 0 saturated carbocycles. The number of rotatable bonds is 2. The van der Waals surface area contributed by atoms with Gasteiger partial charge in [-0.3, -0.25) is 0 Å². The second kappa shape index (κ2) is 5.86. The van der Waals surface area contributed by atoms with Crippen molar-refractivity contribution in [3.63, 3.8) is 0 Å². The minimum absolute atomic E-state index is 0.973. The van der Waals surface area contributed by atoms with Crippen LogP contribution >= 0.6 is 24.0 Å². The van der Waals surface area contributed by atoms with Gasteiger partial charge in [0.25, 0.3) is 0 Å². The van der Waals surface area contributed by atoms with Crippen molar-refractivity contribution in [3.05, 3.63) is 88.5 Å². The topological polar surface area (TPSA) is 0 Å². The molecule has 0 aromatic heterocycles. The van der Waals surface area contributed by atoms with Crippen molar-refractivity contribution in [1.29, 1.82) is 0 Å². The molecular weight excluding hydrogens is 304 g/mol. The van der Waals surface area contributed by atoms with Crippen LogP contribution in [0.15, 0.2) is 71.8 Å². The first kappa shape index (κ1) is 14.0. The van der Waals surface area contributed by atoms with Crippen LogP contribution < -0.4 is 0 Å². The van der Waals surface area contributed by atoms with E-state index in [1.807, 2.05) is 17.8 Å². The Hall–Kier alpha value is -1.64. The van der Waals surface area contributed by atoms with E-state index in [0.29, 0.717) is 0 Å². The molecule has 0 saturated heterocycles. The van der Waals surface area contributed by atoms with Gasteiger partial charge in [-0.2, -0.15) is 0 Å². The number of hydrogen-bond donors (Lipinski definition) is 0. The van der Waals surface area contributed by atoms with E-state index in [1.54, 1.807) is 0 Å². The Kier molecular flexibility index (Phi) is 3.73. The molecular formula is C20H16S2. The molecule has 0 unspecified atom stereocenters. The lowest BCUT2D eigenvalue weighted by Gasteiger charge is -2.26. The highest BCUT2D eigenvalue weighted by Crippen LogP contribution is 2.43. The van der Waals surface area contributed by atoms with Gasteiger partial charge in [0.1, 0.15) is 0 Å². The summed E-state index contributed by atoms with van der Waals surface area (Å²) in [4.78, 5) is 2.46. The highest BCUT2D eigenvalue weighted by Gasteiger charge is 2.23. The molecule has 0 atom stereocenters. The van der Waals surface area contributed by atoms with Gasteiger partial charge in [0, 0.05) is 15.5 Å². The molecule has 1 heterocycles. The van der Waals surface area contributed by atoms with Gasteiger partial charge in [-0.1, -0.05) is 72.9 Å². The van der Waals surface area contributed by atoms with Crippen LogP contribution in [0.5, 0.6) is 0 Å². The summed E-state index contributed by atoms with van der Waals surface area (Å²) in [7, 11) is 0. The number of hydrogen-bond acceptors (Lipinski definition) is 2. The fourth-order valence-corrected chi connectivity index (χ4v) is 4.72. The Labute approximate surface area is 140 Å². The van der Waals surface area contributed by atoms with Crippen molar-refractivity contribution in [3.8, 4) is 0 Å². The maximum absolute atomic E-state index is 5.71. The molecule has 1 aliphatic carbocycles. The number of benzene rings is 2. The summed E-state index contributed by atoms with van der Waals surface area (Å²) in [5.74, 6) is 0.973. The van der Waals surface area contributed by atoms with Gasteiger partial charge in [0.05, 0.1) is 0 Å². The maximum Gasteiger partial charge on any atom is 0.0490 e. The molecule has 0 amide bonds. The highest BCUT2D eigenvalue weighted by atomic mass is 32.2. The Bertz CT molecular complexity index is 797. The third-order valence-electron chi connectivity index (χ3n) is 4.27. The Balaban J connectivity index is 1.71. The molecule has 0 fully saturated rings. The molecule has 0 N–H and O–H groups in total. The van der Waals surface area contributed by atoms with Crippen molar-refractivity contribution in [1.82, 2.24) is 0 Å². The Morgan fingerprint density at radius 3 is 2.55 bits per heavy atom. The van der Waals surface area contributed by atoms with Crippen molar-refractivity contribution in [2.45, 2.75) is 12.8 Å². The van der Waals surface area contributed by atoms with Crippen LogP contribution in [0.1, 0.15) is 23.1 Å². The minimum Gasteiger partial charge on any atom is -0.120 e. The number of allylic oxidation sites excluding steroid dienone is 2. The zero-order valence-corrected chi connectivity index (χ0v) is 13.8. The molecule has 0 spiro atoms. The molecule has 4 rings (SSSR count). The highest BCUT2D eigenvalue weighted by molar-refractivity contribution is 8.08. The van der Waals surface area contributed by atoms with Crippen LogP contribution in [-0.4, -0.2) is 10.6 Å². The van der Waals surface area contributed by atoms with Crippen LogP contribution in [-0.2, 0) is 6.42 Å². The predicted octanol–water partition coefficient (Wildman–Crippen LogP) is 5.44. The number of thiocarbonyl (C=S) groups is 1. The van der Waals surface area contributed by atoms with Crippen molar-refractivity contribution < 1.29 is 0 Å². The molecule has 22 heavy (non-hydrogen) atoms. The SMILES string of the molecule is S=C(C1=CC2=C(SC1)c1ccccc1CC2)c1ccccc1. The number of fused-ring (bicyclic) bond motifs is 2. The quantitative estimate of drug-likeness (QED) is 0.534. The first-order valence-corrected chi connectivity index (χ1v) is 8.97. The average molecular weight is 320 g/mol. The van der Waals surface area contributed by atoms with Gasteiger partial charge in [-0.05, 0) is 40.7 Å². The monoisotopic (exact) mass is 320 g/mol. The van der Waals surface area contributed by atoms with Crippen LogP contribution in [0, 0.1) is 0 Å². The van der Waals surface area contributed by atoms with E-state index < -0.39 is 0 Å². The van der Waals surface area contributed by atoms with Crippen molar-refractivity contribution in [2.75, 3.05) is 5.75 Å². The molecule has 1 aliphatic heterocycles. The van der Waals surface area contributed by atoms with E-state index in [2.05, 4.69) is 54.6 Å². The van der Waals surface area contributed by atoms with Gasteiger partial charge in [0.15, 0.2) is 0 Å². The zero-order chi connectivity index (χ0) is 14.9. The number of thioether (sulfide) groups is 1. The van der Waals surface area contributed by atoms with Crippen LogP contribution in [0.2, 0.25) is 0 Å². The van der Waals surface area contributed by atoms with Crippen LogP contribution in [0.3, 0.4) is 0 Å². The lowest BCUT2D eigenvalue weighted by molar-refractivity contribution is 0.945. The van der Waals surface area contributed by atoms with E-state index in [0.717, 1.165) is 29.0 Å². The van der Waals surface area contributed by atoms with E-state index >= 15 is 0 Å². The molecule has 0 radical (unpaired) electrons. The summed E-state index contributed by atoms with van der Waals surface area (Å²) in [5.41, 5.74) is 6.82. The molecule has 0 bridgehead atoms. The van der Waals surface area contributed by atoms with E-state index in [-0.39, 0.29) is 0 Å². The summed E-state index contributed by atoms with van der Waals surface area (Å²) in [6.07, 6.45) is 4.61. The largest absolute Gasteiger partial charge is 0.120 e. The summed E-state index contributed by atoms with van der Waals surface area (Å²) in [5, 5.41) is 0. The molecule has 108 valence electrons. The van der Waals surface area contributed by atoms with Crippen LogP contribution in [0.25, 0.3) is 4.91 Å². The second-order valence-electron chi connectivity index (χ2n) is 5.66. The smallest absolute Gasteiger partial charge is 0.0490 e. The summed E-state index contributed by atoms with van der Waals surface area (Å²) >= 11 is 7.65. The van der Waals surface area contributed by atoms with E-state index in [4.69, 9.17) is 12.2 Å². The Morgan fingerprint density at radius 1 is 0.909 bits per heavy atom. The third-order valence-corrected chi connectivity index (χ3v) is 5.99. The summed E-state index contributed by atoms with van der Waals surface area (Å²) in [6, 6.07) is 19.2. The number of aryl methyl sites for hydroxylation is 1. The minimum atomic E-state index is 0.973. The van der Waals surface area contributed by atoms with E-state index in [1.165, 1.54) is 27.2 Å². The van der Waals surface area contributed by atoms with Gasteiger partial charge in [-0.15, -0.1) is 11.8 Å². The molecule has 2 aliphatic rings. The average Bonchev–Trinajstić information content (AvgIpc) is 2.61. The van der Waals surface area contributed by atoms with E-state index in [9.17, 15) is 0 Å². The molecule has 2 aromatic rings. The zero-order valence-electron chi connectivity index (χ0n) is 12.2. The predicted molar refractivity (Wildman–Crippen MR) is 100 cm³/mol. The lowest BCUT2D eigenvalue weighted by Crippen LogP contribution is -2.12. The summed E-state index contributed by atoms with van der Waals surface area (Å²) in [6.45, 7) is 0. The third kappa shape index (κ3) is 2.47. The van der Waals surface area contributed by atoms with Gasteiger partial charge in [0.2, 0.25) is 0 Å². The molecule has 0 nitrogen and oxygen atoms in total.